The molecular formula is C11H24N2O3. The summed E-state index contributed by atoms with van der Waals surface area (Å²) >= 11 is 0. The van der Waals surface area contributed by atoms with Crippen LogP contribution in [0.4, 0.5) is 4.79 Å². The molecule has 2 N–H and O–H groups in total. The van der Waals surface area contributed by atoms with Crippen molar-refractivity contribution in [1.82, 2.24) is 10.2 Å². The number of hydrogen-bond acceptors (Lipinski definition) is 3. The van der Waals surface area contributed by atoms with Gasteiger partial charge >= 0.3 is 6.03 Å². The molecule has 5 heteroatoms. The summed E-state index contributed by atoms with van der Waals surface area (Å²) in [6, 6.07) is -0.127. The molecule has 0 aromatic carbocycles. The topological polar surface area (TPSA) is 69.6 Å². The Morgan fingerprint density at radius 1 is 1.44 bits per heavy atom. The van der Waals surface area contributed by atoms with Gasteiger partial charge in [-0.25, -0.2) is 4.79 Å². The van der Waals surface area contributed by atoms with E-state index in [0.29, 0.717) is 6.54 Å². The van der Waals surface area contributed by atoms with Crippen LogP contribution in [0.15, 0.2) is 0 Å². The zero-order valence-electron chi connectivity index (χ0n) is 10.7. The molecule has 0 aliphatic carbocycles. The highest BCUT2D eigenvalue weighted by Crippen LogP contribution is 1.96. The normalized spacial score (nSPS) is 14.1. The van der Waals surface area contributed by atoms with E-state index in [1.54, 1.807) is 0 Å². The van der Waals surface area contributed by atoms with Gasteiger partial charge in [-0.05, 0) is 12.3 Å². The Labute approximate surface area is 97.8 Å². The van der Waals surface area contributed by atoms with Gasteiger partial charge in [-0.15, -0.1) is 0 Å². The molecule has 1 rings (SSSR count). The lowest BCUT2D eigenvalue weighted by molar-refractivity contribution is -0.108. The van der Waals surface area contributed by atoms with Gasteiger partial charge in [0.25, 0.3) is 0 Å². The third kappa shape index (κ3) is 11.0. The van der Waals surface area contributed by atoms with Gasteiger partial charge < -0.3 is 20.1 Å². The summed E-state index contributed by atoms with van der Waals surface area (Å²) in [5.74, 6) is 0.833. The van der Waals surface area contributed by atoms with Gasteiger partial charge in [-0.2, -0.15) is 0 Å². The van der Waals surface area contributed by atoms with Crippen LogP contribution in [0.5, 0.6) is 0 Å². The van der Waals surface area contributed by atoms with Crippen molar-refractivity contribution in [2.45, 2.75) is 27.2 Å². The molecule has 0 atom stereocenters. The molecule has 0 unspecified atom stereocenters. The van der Waals surface area contributed by atoms with Crippen LogP contribution in [0.25, 0.3) is 0 Å². The van der Waals surface area contributed by atoms with Gasteiger partial charge in [0.15, 0.2) is 0 Å². The van der Waals surface area contributed by atoms with E-state index in [4.69, 9.17) is 5.11 Å². The number of aliphatic hydroxyl groups excluding tert-OH is 1. The van der Waals surface area contributed by atoms with Crippen LogP contribution in [-0.4, -0.2) is 49.1 Å². The van der Waals surface area contributed by atoms with E-state index in [-0.39, 0.29) is 12.6 Å². The van der Waals surface area contributed by atoms with Gasteiger partial charge in [0.05, 0.1) is 6.54 Å². The van der Waals surface area contributed by atoms with Crippen LogP contribution < -0.4 is 5.32 Å². The fraction of sp³-hybridized carbons (Fsp3) is 0.818. The Kier molecular flexibility index (Phi) is 12.9. The summed E-state index contributed by atoms with van der Waals surface area (Å²) in [6.45, 7) is 8.14. The number of urea groups is 1. The van der Waals surface area contributed by atoms with Gasteiger partial charge in [0, 0.05) is 20.2 Å². The predicted molar refractivity (Wildman–Crippen MR) is 64.3 cm³/mol. The maximum atomic E-state index is 10.8. The lowest BCUT2D eigenvalue weighted by atomic mass is 10.3. The van der Waals surface area contributed by atoms with E-state index in [2.05, 4.69) is 26.1 Å². The number of rotatable bonds is 2. The average Bonchev–Trinajstić information content (AvgIpc) is 2.24. The van der Waals surface area contributed by atoms with E-state index in [1.165, 1.54) is 4.90 Å². The Hall–Kier alpha value is -1.10. The van der Waals surface area contributed by atoms with Crippen LogP contribution in [0.1, 0.15) is 27.2 Å². The number of nitrogens with zero attached hydrogens (tertiary/aromatic N) is 1. The fourth-order valence-corrected chi connectivity index (χ4v) is 0.943. The number of nitrogens with one attached hydrogen (secondary N) is 1. The number of carbonyl (C=O) groups is 2. The Morgan fingerprint density at radius 2 is 1.94 bits per heavy atom. The molecule has 0 aromatic rings. The first-order chi connectivity index (χ1) is 7.57. The second-order valence-electron chi connectivity index (χ2n) is 3.93. The van der Waals surface area contributed by atoms with Crippen molar-refractivity contribution in [2.75, 3.05) is 26.7 Å². The minimum atomic E-state index is -0.127. The molecule has 5 nitrogen and oxygen atoms in total. The lowest BCUT2D eigenvalue weighted by Crippen LogP contribution is -2.46. The third-order valence-electron chi connectivity index (χ3n) is 1.46. The zero-order valence-corrected chi connectivity index (χ0v) is 10.7. The SMILES string of the molecule is CC(C)C.CO.O=CCN1CCCNC1=O. The summed E-state index contributed by atoms with van der Waals surface area (Å²) in [6.07, 6.45) is 1.67. The molecule has 0 saturated carbocycles. The molecule has 1 fully saturated rings. The molecule has 0 bridgehead atoms. The van der Waals surface area contributed by atoms with Crippen LogP contribution in [-0.2, 0) is 4.79 Å². The summed E-state index contributed by atoms with van der Waals surface area (Å²) in [5, 5.41) is 9.64. The number of hydrogen-bond donors (Lipinski definition) is 2. The monoisotopic (exact) mass is 232 g/mol. The highest BCUT2D eigenvalue weighted by Gasteiger charge is 2.15. The summed E-state index contributed by atoms with van der Waals surface area (Å²) in [7, 11) is 1.00. The number of aliphatic hydroxyl groups is 1. The predicted octanol–water partition coefficient (Wildman–Crippen LogP) is 0.871. The molecule has 0 radical (unpaired) electrons. The molecule has 0 aromatic heterocycles. The van der Waals surface area contributed by atoms with Gasteiger partial charge in [0.2, 0.25) is 0 Å². The Morgan fingerprint density at radius 3 is 2.31 bits per heavy atom. The minimum absolute atomic E-state index is 0.127. The van der Waals surface area contributed by atoms with Crippen molar-refractivity contribution < 1.29 is 14.7 Å². The zero-order chi connectivity index (χ0) is 13.0. The smallest absolute Gasteiger partial charge is 0.317 e. The highest BCUT2D eigenvalue weighted by molar-refractivity contribution is 5.77. The molecule has 2 amide bonds. The maximum absolute atomic E-state index is 10.8. The summed E-state index contributed by atoms with van der Waals surface area (Å²) in [5.41, 5.74) is 0. The maximum Gasteiger partial charge on any atom is 0.317 e. The van der Waals surface area contributed by atoms with E-state index < -0.39 is 0 Å². The summed E-state index contributed by atoms with van der Waals surface area (Å²) < 4.78 is 0. The van der Waals surface area contributed by atoms with E-state index in [0.717, 1.165) is 32.3 Å². The average molecular weight is 232 g/mol. The van der Waals surface area contributed by atoms with E-state index in [9.17, 15) is 9.59 Å². The van der Waals surface area contributed by atoms with E-state index in [1.807, 2.05) is 0 Å². The first-order valence-electron chi connectivity index (χ1n) is 5.49. The number of amides is 2. The molecule has 1 aliphatic rings. The Bertz CT molecular complexity index is 181. The first kappa shape index (κ1) is 17.3. The standard InChI is InChI=1S/C6H10N2O2.C4H10.CH4O/c9-5-4-8-3-1-2-7-6(8)10;1-4(2)3;1-2/h5H,1-4H2,(H,7,10);4H,1-3H3;2H,1H3. The fourth-order valence-electron chi connectivity index (χ4n) is 0.943. The summed E-state index contributed by atoms with van der Waals surface area (Å²) in [4.78, 5) is 22.3. The van der Waals surface area contributed by atoms with Crippen molar-refractivity contribution in [2.24, 2.45) is 5.92 Å². The lowest BCUT2D eigenvalue weighted by Gasteiger charge is -2.25. The highest BCUT2D eigenvalue weighted by atomic mass is 16.2. The molecule has 0 spiro atoms. The van der Waals surface area contributed by atoms with Crippen LogP contribution in [0.3, 0.4) is 0 Å². The van der Waals surface area contributed by atoms with Crippen LogP contribution in [0.2, 0.25) is 0 Å². The van der Waals surface area contributed by atoms with Gasteiger partial charge in [0.1, 0.15) is 6.29 Å². The second kappa shape index (κ2) is 12.0. The molecule has 16 heavy (non-hydrogen) atoms. The van der Waals surface area contributed by atoms with Gasteiger partial charge in [-0.1, -0.05) is 20.8 Å². The minimum Gasteiger partial charge on any atom is -0.400 e. The second-order valence-corrected chi connectivity index (χ2v) is 3.93. The van der Waals surface area contributed by atoms with Crippen molar-refractivity contribution >= 4 is 12.3 Å². The molecular weight excluding hydrogens is 208 g/mol. The molecule has 1 saturated heterocycles. The third-order valence-corrected chi connectivity index (χ3v) is 1.46. The molecule has 96 valence electrons. The largest absolute Gasteiger partial charge is 0.400 e. The van der Waals surface area contributed by atoms with Crippen molar-refractivity contribution in [3.8, 4) is 0 Å². The first-order valence-corrected chi connectivity index (χ1v) is 5.49. The quantitative estimate of drug-likeness (QED) is 0.694. The van der Waals surface area contributed by atoms with Crippen molar-refractivity contribution in [3.63, 3.8) is 0 Å². The molecule has 1 aliphatic heterocycles. The van der Waals surface area contributed by atoms with Crippen molar-refractivity contribution in [1.29, 1.82) is 0 Å². The molecule has 1 heterocycles. The van der Waals surface area contributed by atoms with E-state index >= 15 is 0 Å². The number of aldehydes is 1. The Balaban J connectivity index is 0. The van der Waals surface area contributed by atoms with Gasteiger partial charge in [-0.3, -0.25) is 0 Å². The number of carbonyl (C=O) groups excluding carboxylic acids is 2. The van der Waals surface area contributed by atoms with Crippen LogP contribution in [0, 0.1) is 5.92 Å². The van der Waals surface area contributed by atoms with Crippen molar-refractivity contribution in [3.05, 3.63) is 0 Å². The van der Waals surface area contributed by atoms with Crippen LogP contribution >= 0.6 is 0 Å².